The summed E-state index contributed by atoms with van der Waals surface area (Å²) in [5.41, 5.74) is 0.320. The Labute approximate surface area is 120 Å². The van der Waals surface area contributed by atoms with Crippen molar-refractivity contribution in [3.05, 3.63) is 0 Å². The summed E-state index contributed by atoms with van der Waals surface area (Å²) in [7, 11) is -3.85. The van der Waals surface area contributed by atoms with Gasteiger partial charge in [-0.1, -0.05) is 6.92 Å². The monoisotopic (exact) mass is 306 g/mol. The van der Waals surface area contributed by atoms with Gasteiger partial charge in [-0.25, -0.2) is 0 Å². The van der Waals surface area contributed by atoms with E-state index in [0.29, 0.717) is 35.5 Å². The number of azo groups is 3. The summed E-state index contributed by atoms with van der Waals surface area (Å²) in [6.45, 7) is 2.43. The van der Waals surface area contributed by atoms with E-state index < -0.39 is 7.25 Å². The van der Waals surface area contributed by atoms with Crippen LogP contribution in [0.5, 0.6) is 0 Å². The molecule has 6 aliphatic rings. The van der Waals surface area contributed by atoms with E-state index in [2.05, 4.69) is 28.9 Å². The number of hydrogen-bond donors (Lipinski definition) is 0. The van der Waals surface area contributed by atoms with Crippen molar-refractivity contribution in [2.45, 2.75) is 56.8 Å². The largest absolute Gasteiger partial charge is 0.673 e. The Bertz CT molecular complexity index is 488. The Morgan fingerprint density at radius 3 is 2.14 bits per heavy atom. The smallest absolute Gasteiger partial charge is 0.418 e. The maximum atomic E-state index is 9.75. The summed E-state index contributed by atoms with van der Waals surface area (Å²) < 4.78 is 41.2. The van der Waals surface area contributed by atoms with Gasteiger partial charge < -0.3 is 17.3 Å². The first-order chi connectivity index (χ1) is 9.71. The third-order valence-corrected chi connectivity index (χ3v) is 5.61. The second kappa shape index (κ2) is 4.74. The fourth-order valence-electron chi connectivity index (χ4n) is 4.77. The molecule has 21 heavy (non-hydrogen) atoms. The predicted octanol–water partition coefficient (Wildman–Crippen LogP) is 3.54. The van der Waals surface area contributed by atoms with Gasteiger partial charge in [0, 0.05) is 11.8 Å². The molecule has 0 aromatic heterocycles. The first-order valence-electron chi connectivity index (χ1n) is 7.42. The minimum absolute atomic E-state index is 0.320. The van der Waals surface area contributed by atoms with Crippen LogP contribution in [0.15, 0.2) is 15.3 Å². The van der Waals surface area contributed by atoms with Gasteiger partial charge in [-0.15, -0.1) is 4.70 Å². The van der Waals surface area contributed by atoms with Crippen molar-refractivity contribution in [1.82, 2.24) is 0 Å². The molecule has 6 rings (SSSR count). The summed E-state index contributed by atoms with van der Waals surface area (Å²) in [5.74, 6) is 0.713. The summed E-state index contributed by atoms with van der Waals surface area (Å²) in [4.78, 5) is 0. The lowest BCUT2D eigenvalue weighted by Gasteiger charge is -2.57. The van der Waals surface area contributed by atoms with Crippen LogP contribution < -0.4 is 0 Å². The Morgan fingerprint density at radius 1 is 1.00 bits per heavy atom. The van der Waals surface area contributed by atoms with Crippen molar-refractivity contribution < 1.29 is 22.0 Å². The maximum absolute atomic E-state index is 9.75. The van der Waals surface area contributed by atoms with Crippen molar-refractivity contribution in [2.75, 3.05) is 7.05 Å². The van der Waals surface area contributed by atoms with Gasteiger partial charge in [0.25, 0.3) is 0 Å². The summed E-state index contributed by atoms with van der Waals surface area (Å²) >= 11 is 0. The highest BCUT2D eigenvalue weighted by molar-refractivity contribution is 6.50. The molecule has 0 aromatic carbocycles. The average molecular weight is 306 g/mol. The standard InChI is InChI=1S/C12H19N4.BF4/c1-12-9-5-3-7(13-14-9)11(12)8-4-6-10(12)15-16(8)2;2-1(3,4)5/h7-11H,3-6H2,1-2H3;/q+1;-1/t7-,8+,9+,10-,11+,12+;/m0./s1. The van der Waals surface area contributed by atoms with Gasteiger partial charge in [0.15, 0.2) is 13.1 Å². The molecule has 4 aliphatic heterocycles. The Balaban J connectivity index is 0.000000233. The molecule has 2 fully saturated rings. The van der Waals surface area contributed by atoms with Crippen LogP contribution in [0.2, 0.25) is 0 Å². The lowest BCUT2D eigenvalue weighted by atomic mass is 9.51. The zero-order valence-electron chi connectivity index (χ0n) is 12.1. The van der Waals surface area contributed by atoms with Crippen LogP contribution in [0, 0.1) is 11.3 Å². The Hall–Kier alpha value is -1.02. The van der Waals surface area contributed by atoms with Crippen molar-refractivity contribution in [1.29, 1.82) is 0 Å². The molecule has 4 bridgehead atoms. The zero-order chi connectivity index (χ0) is 15.4. The molecular formula is C12H19BF4N4. The van der Waals surface area contributed by atoms with Gasteiger partial charge in [0.1, 0.15) is 6.04 Å². The second-order valence-corrected chi connectivity index (χ2v) is 6.63. The quantitative estimate of drug-likeness (QED) is 0.373. The highest BCUT2D eigenvalue weighted by atomic mass is 19.5. The van der Waals surface area contributed by atoms with Crippen LogP contribution in [0.25, 0.3) is 0 Å². The number of hydrogen-bond acceptors (Lipinski definition) is 3. The van der Waals surface area contributed by atoms with E-state index in [1.165, 1.54) is 25.7 Å². The van der Waals surface area contributed by atoms with Crippen LogP contribution in [0.3, 0.4) is 0 Å². The zero-order valence-corrected chi connectivity index (χ0v) is 12.1. The number of halogens is 4. The molecular weight excluding hydrogens is 287 g/mol. The normalized spacial score (nSPS) is 46.6. The number of nitrogens with zero attached hydrogens (tertiary/aromatic N) is 4. The highest BCUT2D eigenvalue weighted by Crippen LogP contribution is 2.58. The molecule has 2 aliphatic carbocycles. The number of rotatable bonds is 0. The molecule has 4 nitrogen and oxygen atoms in total. The van der Waals surface area contributed by atoms with Gasteiger partial charge in [0.05, 0.1) is 18.0 Å². The minimum atomic E-state index is -6.00. The van der Waals surface area contributed by atoms with Gasteiger partial charge in [-0.05, 0) is 24.4 Å². The average Bonchev–Trinajstić information content (AvgIpc) is 2.39. The number of fused-ring (bicyclic) bond motifs is 2. The van der Waals surface area contributed by atoms with Gasteiger partial charge in [0.2, 0.25) is 0 Å². The molecule has 0 spiro atoms. The summed E-state index contributed by atoms with van der Waals surface area (Å²) in [6, 6.07) is 2.06. The summed E-state index contributed by atoms with van der Waals surface area (Å²) in [6.07, 6.45) is 5.07. The molecule has 4 heterocycles. The molecule has 0 aromatic rings. The Kier molecular flexibility index (Phi) is 3.37. The molecule has 0 saturated heterocycles. The molecule has 9 heteroatoms. The first kappa shape index (κ1) is 14.9. The van der Waals surface area contributed by atoms with E-state index >= 15 is 0 Å². The fraction of sp³-hybridized carbons (Fsp3) is 1.00. The molecule has 118 valence electrons. The first-order valence-corrected chi connectivity index (χ1v) is 7.42. The van der Waals surface area contributed by atoms with Crippen molar-refractivity contribution in [2.24, 2.45) is 26.7 Å². The molecule has 2 saturated carbocycles. The third kappa shape index (κ3) is 2.38. The maximum Gasteiger partial charge on any atom is 0.673 e. The van der Waals surface area contributed by atoms with Crippen molar-refractivity contribution in [3.63, 3.8) is 0 Å². The molecule has 6 atom stereocenters. The van der Waals surface area contributed by atoms with Crippen LogP contribution in [-0.4, -0.2) is 43.2 Å². The fourth-order valence-corrected chi connectivity index (χ4v) is 4.77. The van der Waals surface area contributed by atoms with E-state index in [1.807, 2.05) is 0 Å². The predicted molar refractivity (Wildman–Crippen MR) is 68.9 cm³/mol. The van der Waals surface area contributed by atoms with E-state index in [1.54, 1.807) is 0 Å². The van der Waals surface area contributed by atoms with Crippen LogP contribution >= 0.6 is 0 Å². The van der Waals surface area contributed by atoms with E-state index in [4.69, 9.17) is 5.11 Å². The lowest BCUT2D eigenvalue weighted by molar-refractivity contribution is -0.641. The molecule has 0 amide bonds. The van der Waals surface area contributed by atoms with Crippen LogP contribution in [0.1, 0.15) is 32.6 Å². The van der Waals surface area contributed by atoms with Crippen LogP contribution in [0.4, 0.5) is 17.3 Å². The van der Waals surface area contributed by atoms with Gasteiger partial charge in [-0.2, -0.15) is 10.2 Å². The second-order valence-electron chi connectivity index (χ2n) is 6.63. The van der Waals surface area contributed by atoms with Gasteiger partial charge >= 0.3 is 7.25 Å². The van der Waals surface area contributed by atoms with E-state index in [9.17, 15) is 17.3 Å². The van der Waals surface area contributed by atoms with Gasteiger partial charge in [-0.3, -0.25) is 0 Å². The van der Waals surface area contributed by atoms with Crippen molar-refractivity contribution >= 4 is 7.25 Å². The molecule has 0 unspecified atom stereocenters. The van der Waals surface area contributed by atoms with E-state index in [-0.39, 0.29) is 0 Å². The van der Waals surface area contributed by atoms with E-state index in [0.717, 1.165) is 0 Å². The SMILES string of the molecule is C[N+]1=N[C@H]2CC[C@@H]1[C@H]1[C@@H]3CC[C@@H](N=N3)[C@@]12C.F[B-](F)(F)F. The lowest BCUT2D eigenvalue weighted by Crippen LogP contribution is -2.66. The molecule has 0 radical (unpaired) electrons. The Morgan fingerprint density at radius 2 is 1.62 bits per heavy atom. The highest BCUT2D eigenvalue weighted by Gasteiger charge is 2.66. The topological polar surface area (TPSA) is 40.1 Å². The minimum Gasteiger partial charge on any atom is -0.418 e. The molecule has 0 N–H and O–H groups in total. The summed E-state index contributed by atoms with van der Waals surface area (Å²) in [5, 5.41) is 13.9. The van der Waals surface area contributed by atoms with Crippen LogP contribution in [-0.2, 0) is 0 Å². The van der Waals surface area contributed by atoms with Crippen molar-refractivity contribution in [3.8, 4) is 0 Å². The third-order valence-electron chi connectivity index (χ3n) is 5.61.